The predicted octanol–water partition coefficient (Wildman–Crippen LogP) is 6.88. The topological polar surface area (TPSA) is 95.9 Å². The van der Waals surface area contributed by atoms with Crippen LogP contribution in [0, 0.1) is 5.92 Å². The highest BCUT2D eigenvalue weighted by Gasteiger charge is 2.30. The number of hydrogen-bond acceptors (Lipinski definition) is 4. The summed E-state index contributed by atoms with van der Waals surface area (Å²) in [7, 11) is 0. The van der Waals surface area contributed by atoms with Crippen molar-refractivity contribution in [3.05, 3.63) is 89.5 Å². The first-order valence-corrected chi connectivity index (χ1v) is 13.2. The van der Waals surface area contributed by atoms with Gasteiger partial charge in [0.05, 0.1) is 12.1 Å². The highest BCUT2D eigenvalue weighted by atomic mass is 19.4. The second-order valence-corrected chi connectivity index (χ2v) is 9.69. The Morgan fingerprint density at radius 3 is 1.98 bits per heavy atom. The maximum Gasteiger partial charge on any atom is 0.416 e. The lowest BCUT2D eigenvalue weighted by atomic mass is 9.90. The third-order valence-corrected chi connectivity index (χ3v) is 6.79. The number of rotatable bonds is 13. The highest BCUT2D eigenvalue weighted by Crippen LogP contribution is 2.34. The van der Waals surface area contributed by atoms with Crippen LogP contribution in [0.25, 0.3) is 11.1 Å². The van der Waals surface area contributed by atoms with Gasteiger partial charge in [-0.3, -0.25) is 4.79 Å². The zero-order valence-corrected chi connectivity index (χ0v) is 22.4. The van der Waals surface area contributed by atoms with E-state index in [1.807, 2.05) is 24.3 Å². The number of alkyl halides is 3. The smallest absolute Gasteiger partial charge is 0.416 e. The van der Waals surface area contributed by atoms with Crippen LogP contribution in [-0.4, -0.2) is 34.7 Å². The van der Waals surface area contributed by atoms with Crippen LogP contribution in [0.1, 0.15) is 67.1 Å². The lowest BCUT2D eigenvalue weighted by Gasteiger charge is -2.25. The molecule has 3 atom stereocenters. The Morgan fingerprint density at radius 2 is 1.48 bits per heavy atom. The van der Waals surface area contributed by atoms with Crippen LogP contribution in [0.4, 0.5) is 13.2 Å². The Balaban J connectivity index is 1.77. The second-order valence-electron chi connectivity index (χ2n) is 9.69. The Labute approximate surface area is 231 Å². The maximum atomic E-state index is 12.9. The van der Waals surface area contributed by atoms with Crippen molar-refractivity contribution >= 4 is 11.9 Å². The van der Waals surface area contributed by atoms with Crippen LogP contribution in [0.3, 0.4) is 0 Å². The molecule has 3 aromatic carbocycles. The zero-order chi connectivity index (χ0) is 29.3. The number of ether oxygens (including phenoxy) is 1. The molecule has 40 heavy (non-hydrogen) atoms. The second kappa shape index (κ2) is 14.0. The minimum atomic E-state index is -4.38. The molecular formula is C31H34F3NO5. The molecule has 0 aromatic heterocycles. The molecule has 3 aromatic rings. The number of carbonyl (C=O) groups excluding carboxylic acids is 1. The van der Waals surface area contributed by atoms with Gasteiger partial charge in [0.15, 0.2) is 6.10 Å². The zero-order valence-electron chi connectivity index (χ0n) is 22.4. The maximum absolute atomic E-state index is 12.9. The fourth-order valence-corrected chi connectivity index (χ4v) is 4.42. The van der Waals surface area contributed by atoms with Crippen molar-refractivity contribution in [3.63, 3.8) is 0 Å². The fraction of sp³-hybridized carbons (Fsp3) is 0.355. The summed E-state index contributed by atoms with van der Waals surface area (Å²) in [5, 5.41) is 20.5. The Kier molecular flexibility index (Phi) is 10.7. The molecule has 214 valence electrons. The third kappa shape index (κ3) is 8.58. The average molecular weight is 558 g/mol. The average Bonchev–Trinajstić information content (AvgIpc) is 2.95. The molecule has 0 saturated carbocycles. The first kappa shape index (κ1) is 30.7. The van der Waals surface area contributed by atoms with Crippen molar-refractivity contribution in [2.45, 2.75) is 57.9 Å². The van der Waals surface area contributed by atoms with E-state index >= 15 is 0 Å². The van der Waals surface area contributed by atoms with E-state index in [9.17, 15) is 27.9 Å². The predicted molar refractivity (Wildman–Crippen MR) is 146 cm³/mol. The van der Waals surface area contributed by atoms with E-state index in [-0.39, 0.29) is 6.10 Å². The quantitative estimate of drug-likeness (QED) is 0.213. The summed E-state index contributed by atoms with van der Waals surface area (Å²) in [6.07, 6.45) is -2.53. The summed E-state index contributed by atoms with van der Waals surface area (Å²) >= 11 is 0. The SMILES string of the molecule is CCCC(CC)C[C@@H](Oc1ccc(C(=O)NC[C@H](O)C(=O)O)cc1)c1ccc(-c2ccc(C(F)(F)F)cc2)cc1. The van der Waals surface area contributed by atoms with E-state index < -0.39 is 36.3 Å². The molecule has 0 aliphatic carbocycles. The summed E-state index contributed by atoms with van der Waals surface area (Å²) in [5.41, 5.74) is 2.00. The first-order valence-electron chi connectivity index (χ1n) is 13.2. The number of nitrogens with one attached hydrogen (secondary N) is 1. The summed E-state index contributed by atoms with van der Waals surface area (Å²) in [6.45, 7) is 3.86. The standard InChI is InChI=1S/C31H34F3NO5/c1-3-5-20(4-2)18-28(40-26-16-12-24(13-17-26)29(37)35-19-27(36)30(38)39)23-8-6-21(7-9-23)22-10-14-25(15-11-22)31(32,33)34/h6-17,20,27-28,36H,3-5,18-19H2,1-2H3,(H,35,37)(H,38,39)/t20?,27-,28+/m0/s1. The van der Waals surface area contributed by atoms with Gasteiger partial charge in [-0.05, 0) is 65.4 Å². The van der Waals surface area contributed by atoms with Gasteiger partial charge >= 0.3 is 12.1 Å². The number of aliphatic carboxylic acids is 1. The van der Waals surface area contributed by atoms with Gasteiger partial charge in [0, 0.05) is 5.56 Å². The molecule has 6 nitrogen and oxygen atoms in total. The minimum absolute atomic E-state index is 0.288. The van der Waals surface area contributed by atoms with Gasteiger partial charge in [0.25, 0.3) is 5.91 Å². The van der Waals surface area contributed by atoms with E-state index in [0.29, 0.717) is 22.8 Å². The molecule has 0 spiro atoms. The molecule has 0 saturated heterocycles. The van der Waals surface area contributed by atoms with Crippen LogP contribution in [0.15, 0.2) is 72.8 Å². The van der Waals surface area contributed by atoms with Gasteiger partial charge < -0.3 is 20.3 Å². The van der Waals surface area contributed by atoms with Crippen molar-refractivity contribution in [1.82, 2.24) is 5.32 Å². The van der Waals surface area contributed by atoms with E-state index in [1.54, 1.807) is 24.3 Å². The summed E-state index contributed by atoms with van der Waals surface area (Å²) in [4.78, 5) is 23.0. The lowest BCUT2D eigenvalue weighted by molar-refractivity contribution is -0.146. The fourth-order valence-electron chi connectivity index (χ4n) is 4.42. The van der Waals surface area contributed by atoms with Gasteiger partial charge in [-0.2, -0.15) is 13.2 Å². The summed E-state index contributed by atoms with van der Waals surface area (Å²) in [5.74, 6) is -0.965. The largest absolute Gasteiger partial charge is 0.486 e. The Hall–Kier alpha value is -3.85. The molecule has 3 N–H and O–H groups in total. The van der Waals surface area contributed by atoms with E-state index in [1.165, 1.54) is 12.1 Å². The molecule has 0 radical (unpaired) electrons. The number of aliphatic hydroxyl groups is 1. The van der Waals surface area contributed by atoms with Crippen LogP contribution in [0.2, 0.25) is 0 Å². The van der Waals surface area contributed by atoms with Crippen molar-refractivity contribution in [1.29, 1.82) is 0 Å². The molecule has 0 aliphatic rings. The molecule has 0 fully saturated rings. The molecule has 1 unspecified atom stereocenters. The van der Waals surface area contributed by atoms with Crippen molar-refractivity contribution in [2.24, 2.45) is 5.92 Å². The number of carbonyl (C=O) groups is 2. The molecular weight excluding hydrogens is 523 g/mol. The van der Waals surface area contributed by atoms with E-state index in [2.05, 4.69) is 19.2 Å². The van der Waals surface area contributed by atoms with Crippen LogP contribution >= 0.6 is 0 Å². The summed E-state index contributed by atoms with van der Waals surface area (Å²) < 4.78 is 45.1. The number of carboxylic acids is 1. The van der Waals surface area contributed by atoms with Gasteiger partial charge in [0.1, 0.15) is 11.9 Å². The van der Waals surface area contributed by atoms with Crippen molar-refractivity contribution in [2.75, 3.05) is 6.54 Å². The number of halogens is 3. The number of hydrogen-bond donors (Lipinski definition) is 3. The van der Waals surface area contributed by atoms with E-state index in [0.717, 1.165) is 48.9 Å². The van der Waals surface area contributed by atoms with E-state index in [4.69, 9.17) is 9.84 Å². The third-order valence-electron chi connectivity index (χ3n) is 6.79. The Morgan fingerprint density at radius 1 is 0.900 bits per heavy atom. The van der Waals surface area contributed by atoms with Gasteiger partial charge in [0.2, 0.25) is 0 Å². The molecule has 3 rings (SSSR count). The molecule has 0 bridgehead atoms. The van der Waals surface area contributed by atoms with Crippen molar-refractivity contribution in [3.8, 4) is 16.9 Å². The monoisotopic (exact) mass is 557 g/mol. The normalized spacial score (nSPS) is 13.8. The number of aliphatic hydroxyl groups excluding tert-OH is 1. The van der Waals surface area contributed by atoms with Gasteiger partial charge in [-0.1, -0.05) is 69.5 Å². The number of carboxylic acid groups (broad SMARTS) is 1. The molecule has 1 amide bonds. The van der Waals surface area contributed by atoms with Crippen LogP contribution < -0.4 is 10.1 Å². The minimum Gasteiger partial charge on any atom is -0.486 e. The number of benzene rings is 3. The molecule has 0 aliphatic heterocycles. The van der Waals surface area contributed by atoms with Crippen molar-refractivity contribution < 1.29 is 37.7 Å². The van der Waals surface area contributed by atoms with Gasteiger partial charge in [-0.25, -0.2) is 4.79 Å². The number of amides is 1. The van der Waals surface area contributed by atoms with Crippen LogP contribution in [-0.2, 0) is 11.0 Å². The lowest BCUT2D eigenvalue weighted by Crippen LogP contribution is -2.36. The van der Waals surface area contributed by atoms with Gasteiger partial charge in [-0.15, -0.1) is 0 Å². The summed E-state index contributed by atoms with van der Waals surface area (Å²) in [6, 6.07) is 19.1. The van der Waals surface area contributed by atoms with Crippen LogP contribution in [0.5, 0.6) is 5.75 Å². The highest BCUT2D eigenvalue weighted by molar-refractivity contribution is 5.94. The molecule has 0 heterocycles. The molecule has 9 heteroatoms. The first-order chi connectivity index (χ1) is 19.0. The Bertz CT molecular complexity index is 1240.